The molecule has 0 aromatic rings. The highest BCUT2D eigenvalue weighted by atomic mass is 16.8. The van der Waals surface area contributed by atoms with E-state index in [1.54, 1.807) is 0 Å². The van der Waals surface area contributed by atoms with Crippen molar-refractivity contribution in [3.8, 4) is 0 Å². The van der Waals surface area contributed by atoms with Gasteiger partial charge in [0.2, 0.25) is 5.79 Å². The van der Waals surface area contributed by atoms with E-state index in [1.165, 1.54) is 0 Å². The van der Waals surface area contributed by atoms with Gasteiger partial charge in [0.25, 0.3) is 0 Å². The van der Waals surface area contributed by atoms with E-state index < -0.39 is 5.79 Å². The Labute approximate surface area is 84.8 Å². The van der Waals surface area contributed by atoms with Crippen LogP contribution in [0.4, 0.5) is 0 Å². The Balaban J connectivity index is 1.99. The predicted octanol–water partition coefficient (Wildman–Crippen LogP) is 2.24. The van der Waals surface area contributed by atoms with Crippen LogP contribution in [0, 0.1) is 5.92 Å². The molecule has 0 aromatic heterocycles. The average Bonchev–Trinajstić information content (AvgIpc) is 2.61. The number of hydrogen-bond acceptors (Lipinski definition) is 3. The van der Waals surface area contributed by atoms with Crippen LogP contribution in [0.15, 0.2) is 0 Å². The van der Waals surface area contributed by atoms with E-state index in [1.807, 2.05) is 0 Å². The molecule has 1 unspecified atom stereocenters. The number of hydrogen-bond donors (Lipinski definition) is 0. The molecule has 0 bridgehead atoms. The monoisotopic (exact) mass is 198 g/mol. The zero-order valence-electron chi connectivity index (χ0n) is 8.91. The Hall–Kier alpha value is -0.570. The van der Waals surface area contributed by atoms with Gasteiger partial charge in [0.15, 0.2) is 6.10 Å². The molecular weight excluding hydrogens is 180 g/mol. The molecule has 0 aromatic carbocycles. The van der Waals surface area contributed by atoms with Gasteiger partial charge < -0.3 is 9.47 Å². The summed E-state index contributed by atoms with van der Waals surface area (Å²) in [4.78, 5) is 11.5. The van der Waals surface area contributed by atoms with Gasteiger partial charge in [-0.1, -0.05) is 13.8 Å². The summed E-state index contributed by atoms with van der Waals surface area (Å²) in [6, 6.07) is 0. The first-order valence-electron chi connectivity index (χ1n) is 5.52. The Morgan fingerprint density at radius 2 is 2.07 bits per heavy atom. The molecule has 14 heavy (non-hydrogen) atoms. The standard InChI is InChI=1S/C11H18O3/c1-8(2)7-9-10(12)14-11(13-9)5-3-4-6-11/h8-9H,3-7H2,1-2H3. The van der Waals surface area contributed by atoms with Crippen LogP contribution in [0.1, 0.15) is 46.0 Å². The van der Waals surface area contributed by atoms with E-state index in [0.717, 1.165) is 32.1 Å². The van der Waals surface area contributed by atoms with Crippen molar-refractivity contribution in [3.63, 3.8) is 0 Å². The second kappa shape index (κ2) is 3.54. The highest BCUT2D eigenvalue weighted by Gasteiger charge is 2.49. The van der Waals surface area contributed by atoms with Crippen LogP contribution in [0.25, 0.3) is 0 Å². The van der Waals surface area contributed by atoms with Crippen LogP contribution in [0.5, 0.6) is 0 Å². The van der Waals surface area contributed by atoms with Crippen molar-refractivity contribution < 1.29 is 14.3 Å². The van der Waals surface area contributed by atoms with E-state index in [-0.39, 0.29) is 12.1 Å². The highest BCUT2D eigenvalue weighted by Crippen LogP contribution is 2.40. The van der Waals surface area contributed by atoms with Crippen LogP contribution in [-0.2, 0) is 14.3 Å². The summed E-state index contributed by atoms with van der Waals surface area (Å²) in [5.74, 6) is -0.207. The first-order valence-corrected chi connectivity index (χ1v) is 5.52. The minimum absolute atomic E-state index is 0.152. The van der Waals surface area contributed by atoms with Crippen molar-refractivity contribution in [3.05, 3.63) is 0 Å². The van der Waals surface area contributed by atoms with E-state index in [9.17, 15) is 4.79 Å². The fourth-order valence-corrected chi connectivity index (χ4v) is 2.29. The summed E-state index contributed by atoms with van der Waals surface area (Å²) in [5.41, 5.74) is 0. The Kier molecular flexibility index (Phi) is 2.52. The quantitative estimate of drug-likeness (QED) is 0.638. The summed E-state index contributed by atoms with van der Waals surface area (Å²) in [6.45, 7) is 4.19. The van der Waals surface area contributed by atoms with Crippen molar-refractivity contribution in [2.75, 3.05) is 0 Å². The summed E-state index contributed by atoms with van der Waals surface area (Å²) in [6.07, 6.45) is 4.46. The maximum absolute atomic E-state index is 11.5. The summed E-state index contributed by atoms with van der Waals surface area (Å²) in [5, 5.41) is 0. The lowest BCUT2D eigenvalue weighted by Gasteiger charge is -2.20. The zero-order chi connectivity index (χ0) is 10.2. The molecule has 1 saturated heterocycles. The van der Waals surface area contributed by atoms with Crippen molar-refractivity contribution >= 4 is 5.97 Å². The minimum Gasteiger partial charge on any atom is -0.431 e. The van der Waals surface area contributed by atoms with Crippen LogP contribution in [-0.4, -0.2) is 17.9 Å². The van der Waals surface area contributed by atoms with Crippen LogP contribution < -0.4 is 0 Å². The normalized spacial score (nSPS) is 30.2. The van der Waals surface area contributed by atoms with E-state index in [0.29, 0.717) is 5.92 Å². The second-order valence-corrected chi connectivity index (χ2v) is 4.77. The fraction of sp³-hybridized carbons (Fsp3) is 0.909. The highest BCUT2D eigenvalue weighted by molar-refractivity contribution is 5.76. The van der Waals surface area contributed by atoms with Crippen molar-refractivity contribution in [2.45, 2.75) is 57.8 Å². The zero-order valence-corrected chi connectivity index (χ0v) is 8.91. The molecule has 1 heterocycles. The van der Waals surface area contributed by atoms with Gasteiger partial charge in [-0.3, -0.25) is 0 Å². The largest absolute Gasteiger partial charge is 0.431 e. The fourth-order valence-electron chi connectivity index (χ4n) is 2.29. The molecule has 1 spiro atoms. The number of rotatable bonds is 2. The molecule has 80 valence electrons. The van der Waals surface area contributed by atoms with Crippen LogP contribution >= 0.6 is 0 Å². The third-order valence-electron chi connectivity index (χ3n) is 2.96. The number of ether oxygens (including phenoxy) is 2. The van der Waals surface area contributed by atoms with Gasteiger partial charge in [-0.05, 0) is 25.2 Å². The van der Waals surface area contributed by atoms with Gasteiger partial charge in [0.1, 0.15) is 0 Å². The maximum Gasteiger partial charge on any atom is 0.337 e. The van der Waals surface area contributed by atoms with Gasteiger partial charge >= 0.3 is 5.97 Å². The summed E-state index contributed by atoms with van der Waals surface area (Å²) in [7, 11) is 0. The third kappa shape index (κ3) is 1.78. The third-order valence-corrected chi connectivity index (χ3v) is 2.96. The van der Waals surface area contributed by atoms with Gasteiger partial charge in [0.05, 0.1) is 0 Å². The maximum atomic E-state index is 11.5. The molecule has 0 amide bonds. The number of carbonyl (C=O) groups is 1. The minimum atomic E-state index is -0.531. The smallest absolute Gasteiger partial charge is 0.337 e. The van der Waals surface area contributed by atoms with E-state index >= 15 is 0 Å². The molecule has 1 saturated carbocycles. The molecule has 1 aliphatic carbocycles. The Morgan fingerprint density at radius 1 is 1.43 bits per heavy atom. The van der Waals surface area contributed by atoms with Gasteiger partial charge in [0, 0.05) is 12.8 Å². The van der Waals surface area contributed by atoms with Gasteiger partial charge in [-0.25, -0.2) is 4.79 Å². The molecule has 2 fully saturated rings. The molecule has 0 radical (unpaired) electrons. The lowest BCUT2D eigenvalue weighted by atomic mass is 10.1. The molecule has 0 N–H and O–H groups in total. The first-order chi connectivity index (χ1) is 6.61. The Morgan fingerprint density at radius 3 is 2.64 bits per heavy atom. The average molecular weight is 198 g/mol. The van der Waals surface area contributed by atoms with Crippen LogP contribution in [0.3, 0.4) is 0 Å². The SMILES string of the molecule is CC(C)CC1OC2(CCCC2)OC1=O. The predicted molar refractivity (Wildman–Crippen MR) is 51.6 cm³/mol. The molecule has 2 aliphatic rings. The Bertz CT molecular complexity index is 229. The van der Waals surface area contributed by atoms with E-state index in [4.69, 9.17) is 9.47 Å². The summed E-state index contributed by atoms with van der Waals surface area (Å²) < 4.78 is 11.1. The van der Waals surface area contributed by atoms with Crippen molar-refractivity contribution in [2.24, 2.45) is 5.92 Å². The first kappa shape index (κ1) is 9.97. The molecule has 2 rings (SSSR count). The van der Waals surface area contributed by atoms with Crippen LogP contribution in [0.2, 0.25) is 0 Å². The lowest BCUT2D eigenvalue weighted by molar-refractivity contribution is -0.173. The van der Waals surface area contributed by atoms with Gasteiger partial charge in [-0.2, -0.15) is 0 Å². The van der Waals surface area contributed by atoms with Crippen molar-refractivity contribution in [1.29, 1.82) is 0 Å². The molecule has 3 heteroatoms. The summed E-state index contributed by atoms with van der Waals surface area (Å²) >= 11 is 0. The number of esters is 1. The lowest BCUT2D eigenvalue weighted by Crippen LogP contribution is -2.26. The van der Waals surface area contributed by atoms with Gasteiger partial charge in [-0.15, -0.1) is 0 Å². The molecular formula is C11H18O3. The molecule has 3 nitrogen and oxygen atoms in total. The molecule has 1 aliphatic heterocycles. The van der Waals surface area contributed by atoms with Crippen molar-refractivity contribution in [1.82, 2.24) is 0 Å². The topological polar surface area (TPSA) is 35.5 Å². The van der Waals surface area contributed by atoms with E-state index in [2.05, 4.69) is 13.8 Å². The number of carbonyl (C=O) groups excluding carboxylic acids is 1. The second-order valence-electron chi connectivity index (χ2n) is 4.77. The molecule has 1 atom stereocenters.